The Morgan fingerprint density at radius 2 is 2.42 bits per heavy atom. The highest BCUT2D eigenvalue weighted by atomic mass is 79.9. The van der Waals surface area contributed by atoms with Crippen molar-refractivity contribution in [3.05, 3.63) is 28.0 Å². The van der Waals surface area contributed by atoms with Gasteiger partial charge in [0.25, 0.3) is 0 Å². The van der Waals surface area contributed by atoms with Crippen LogP contribution in [0.25, 0.3) is 0 Å². The maximum absolute atomic E-state index is 11.1. The minimum absolute atomic E-state index is 0.316. The fourth-order valence-corrected chi connectivity index (χ4v) is 1.56. The number of cyclic esters (lactones) is 1. The predicted molar refractivity (Wildman–Crippen MR) is 45.9 cm³/mol. The number of fused-ring (bicyclic) bond motifs is 1. The van der Waals surface area contributed by atoms with E-state index in [4.69, 9.17) is 4.74 Å². The Morgan fingerprint density at radius 3 is 3.25 bits per heavy atom. The second-order valence-corrected chi connectivity index (χ2v) is 3.46. The lowest BCUT2D eigenvalue weighted by molar-refractivity contribution is 0.0471. The fraction of sp³-hybridized carbons (Fsp3) is 0.250. The van der Waals surface area contributed by atoms with Gasteiger partial charge in [-0.25, -0.2) is 9.78 Å². The van der Waals surface area contributed by atoms with Gasteiger partial charge in [0.1, 0.15) is 0 Å². The second kappa shape index (κ2) is 2.86. The molecule has 2 heterocycles. The SMILES string of the molecule is O=C1OCCc2cc(Br)cnc21. The normalized spacial score (nSPS) is 15.2. The summed E-state index contributed by atoms with van der Waals surface area (Å²) in [5.74, 6) is -0.316. The highest BCUT2D eigenvalue weighted by molar-refractivity contribution is 9.10. The van der Waals surface area contributed by atoms with Crippen LogP contribution in [0.2, 0.25) is 0 Å². The first-order valence-electron chi connectivity index (χ1n) is 3.59. The van der Waals surface area contributed by atoms with E-state index in [1.165, 1.54) is 0 Å². The molecule has 0 N–H and O–H groups in total. The molecule has 12 heavy (non-hydrogen) atoms. The summed E-state index contributed by atoms with van der Waals surface area (Å²) >= 11 is 3.30. The van der Waals surface area contributed by atoms with Crippen molar-refractivity contribution in [2.45, 2.75) is 6.42 Å². The van der Waals surface area contributed by atoms with Gasteiger partial charge in [-0.3, -0.25) is 0 Å². The van der Waals surface area contributed by atoms with Crippen molar-refractivity contribution in [3.8, 4) is 0 Å². The summed E-state index contributed by atoms with van der Waals surface area (Å²) in [6.07, 6.45) is 2.36. The number of nitrogens with zero attached hydrogens (tertiary/aromatic N) is 1. The van der Waals surface area contributed by atoms with Crippen LogP contribution in [0.1, 0.15) is 16.1 Å². The number of hydrogen-bond acceptors (Lipinski definition) is 3. The first-order chi connectivity index (χ1) is 5.77. The molecule has 4 heteroatoms. The molecule has 0 spiro atoms. The Kier molecular flexibility index (Phi) is 1.84. The molecule has 0 saturated heterocycles. The number of carbonyl (C=O) groups excluding carboxylic acids is 1. The summed E-state index contributed by atoms with van der Waals surface area (Å²) in [6, 6.07) is 1.91. The molecule has 0 saturated carbocycles. The van der Waals surface area contributed by atoms with Crippen LogP contribution in [0, 0.1) is 0 Å². The van der Waals surface area contributed by atoms with Crippen LogP contribution in [0.3, 0.4) is 0 Å². The van der Waals surface area contributed by atoms with Crippen LogP contribution in [0.5, 0.6) is 0 Å². The van der Waals surface area contributed by atoms with Crippen molar-refractivity contribution < 1.29 is 9.53 Å². The number of esters is 1. The van der Waals surface area contributed by atoms with Crippen LogP contribution < -0.4 is 0 Å². The Balaban J connectivity index is 2.53. The summed E-state index contributed by atoms with van der Waals surface area (Å²) in [5, 5.41) is 0. The number of aromatic nitrogens is 1. The molecule has 0 fully saturated rings. The molecule has 2 rings (SSSR count). The number of carbonyl (C=O) groups is 1. The van der Waals surface area contributed by atoms with Crippen LogP contribution in [0.4, 0.5) is 0 Å². The molecule has 1 aliphatic heterocycles. The molecule has 0 atom stereocenters. The van der Waals surface area contributed by atoms with Gasteiger partial charge in [-0.05, 0) is 27.6 Å². The number of ether oxygens (including phenoxy) is 1. The Morgan fingerprint density at radius 1 is 1.58 bits per heavy atom. The van der Waals surface area contributed by atoms with E-state index in [2.05, 4.69) is 20.9 Å². The maximum Gasteiger partial charge on any atom is 0.357 e. The highest BCUT2D eigenvalue weighted by Gasteiger charge is 2.19. The molecule has 1 aliphatic rings. The molecular weight excluding hydrogens is 222 g/mol. The largest absolute Gasteiger partial charge is 0.461 e. The third kappa shape index (κ3) is 1.22. The van der Waals surface area contributed by atoms with Crippen molar-refractivity contribution in [1.82, 2.24) is 4.98 Å². The molecule has 3 nitrogen and oxygen atoms in total. The smallest absolute Gasteiger partial charge is 0.357 e. The molecule has 0 bridgehead atoms. The number of pyridine rings is 1. The zero-order chi connectivity index (χ0) is 8.55. The number of hydrogen-bond donors (Lipinski definition) is 0. The predicted octanol–water partition coefficient (Wildman–Crippen LogP) is 1.56. The van der Waals surface area contributed by atoms with Gasteiger partial charge in [0.15, 0.2) is 5.69 Å². The van der Waals surface area contributed by atoms with Gasteiger partial charge < -0.3 is 4.74 Å². The Hall–Kier alpha value is -0.900. The van der Waals surface area contributed by atoms with Gasteiger partial charge in [-0.1, -0.05) is 0 Å². The first-order valence-corrected chi connectivity index (χ1v) is 4.38. The van der Waals surface area contributed by atoms with Crippen LogP contribution in [-0.4, -0.2) is 17.6 Å². The molecule has 1 aromatic heterocycles. The van der Waals surface area contributed by atoms with E-state index in [0.717, 1.165) is 16.5 Å². The van der Waals surface area contributed by atoms with E-state index in [0.29, 0.717) is 12.3 Å². The van der Waals surface area contributed by atoms with Crippen molar-refractivity contribution in [1.29, 1.82) is 0 Å². The lowest BCUT2D eigenvalue weighted by Crippen LogP contribution is -2.18. The Labute approximate surface area is 77.9 Å². The minimum atomic E-state index is -0.316. The summed E-state index contributed by atoms with van der Waals surface area (Å²) < 4.78 is 5.73. The quantitative estimate of drug-likeness (QED) is 0.632. The van der Waals surface area contributed by atoms with Gasteiger partial charge in [0.2, 0.25) is 0 Å². The molecule has 0 unspecified atom stereocenters. The van der Waals surface area contributed by atoms with Gasteiger partial charge in [-0.2, -0.15) is 0 Å². The lowest BCUT2D eigenvalue weighted by Gasteiger charge is -2.13. The molecule has 0 radical (unpaired) electrons. The summed E-state index contributed by atoms with van der Waals surface area (Å²) in [4.78, 5) is 15.1. The maximum atomic E-state index is 11.1. The average molecular weight is 228 g/mol. The van der Waals surface area contributed by atoms with E-state index < -0.39 is 0 Å². The average Bonchev–Trinajstić information content (AvgIpc) is 2.04. The lowest BCUT2D eigenvalue weighted by atomic mass is 10.1. The van der Waals surface area contributed by atoms with Crippen LogP contribution in [-0.2, 0) is 11.2 Å². The van der Waals surface area contributed by atoms with Crippen LogP contribution >= 0.6 is 15.9 Å². The topological polar surface area (TPSA) is 39.2 Å². The first kappa shape index (κ1) is 7.73. The van der Waals surface area contributed by atoms with E-state index in [1.54, 1.807) is 6.20 Å². The molecule has 62 valence electrons. The van der Waals surface area contributed by atoms with Crippen molar-refractivity contribution in [2.24, 2.45) is 0 Å². The second-order valence-electron chi connectivity index (χ2n) is 2.55. The zero-order valence-electron chi connectivity index (χ0n) is 6.21. The van der Waals surface area contributed by atoms with E-state index in [-0.39, 0.29) is 5.97 Å². The summed E-state index contributed by atoms with van der Waals surface area (Å²) in [6.45, 7) is 0.462. The van der Waals surface area contributed by atoms with Crippen molar-refractivity contribution in [3.63, 3.8) is 0 Å². The molecule has 0 aliphatic carbocycles. The highest BCUT2D eigenvalue weighted by Crippen LogP contribution is 2.18. The fourth-order valence-electron chi connectivity index (χ4n) is 1.18. The number of rotatable bonds is 0. The molecule has 1 aromatic rings. The van der Waals surface area contributed by atoms with E-state index in [9.17, 15) is 4.79 Å². The van der Waals surface area contributed by atoms with E-state index in [1.807, 2.05) is 6.07 Å². The van der Waals surface area contributed by atoms with Gasteiger partial charge >= 0.3 is 5.97 Å². The van der Waals surface area contributed by atoms with Crippen LogP contribution in [0.15, 0.2) is 16.7 Å². The van der Waals surface area contributed by atoms with Crippen molar-refractivity contribution >= 4 is 21.9 Å². The van der Waals surface area contributed by atoms with Gasteiger partial charge in [-0.15, -0.1) is 0 Å². The number of halogens is 1. The van der Waals surface area contributed by atoms with E-state index >= 15 is 0 Å². The van der Waals surface area contributed by atoms with Gasteiger partial charge in [0, 0.05) is 17.1 Å². The third-order valence-corrected chi connectivity index (χ3v) is 2.16. The molecule has 0 aromatic carbocycles. The summed E-state index contributed by atoms with van der Waals surface area (Å²) in [7, 11) is 0. The molecular formula is C8H6BrNO2. The van der Waals surface area contributed by atoms with Gasteiger partial charge in [0.05, 0.1) is 6.61 Å². The molecule has 0 amide bonds. The minimum Gasteiger partial charge on any atom is -0.461 e. The monoisotopic (exact) mass is 227 g/mol. The summed E-state index contributed by atoms with van der Waals surface area (Å²) in [5.41, 5.74) is 1.41. The Bertz CT molecular complexity index is 338. The third-order valence-electron chi connectivity index (χ3n) is 1.73. The zero-order valence-corrected chi connectivity index (χ0v) is 7.80. The van der Waals surface area contributed by atoms with Crippen molar-refractivity contribution in [2.75, 3.05) is 6.61 Å². The standard InChI is InChI=1S/C8H6BrNO2/c9-6-3-5-1-2-12-8(11)7(5)10-4-6/h3-4H,1-2H2.